The van der Waals surface area contributed by atoms with Crippen molar-refractivity contribution < 1.29 is 9.90 Å². The minimum absolute atomic E-state index is 0.145. The number of rotatable bonds is 3. The minimum Gasteiger partial charge on any atom is -0.508 e. The Balaban J connectivity index is 1.81. The molecule has 3 rings (SSSR count). The van der Waals surface area contributed by atoms with E-state index in [1.165, 1.54) is 0 Å². The predicted molar refractivity (Wildman–Crippen MR) is 90.1 cm³/mol. The Morgan fingerprint density at radius 1 is 1.35 bits per heavy atom. The Hall–Kier alpha value is -2.27. The summed E-state index contributed by atoms with van der Waals surface area (Å²) in [5, 5.41) is 12.8. The lowest BCUT2D eigenvalue weighted by atomic mass is 9.93. The zero-order valence-corrected chi connectivity index (χ0v) is 13.8. The molecule has 0 bridgehead atoms. The Bertz CT molecular complexity index is 728. The molecule has 0 aliphatic carbocycles. The highest BCUT2D eigenvalue weighted by atomic mass is 35.5. The van der Waals surface area contributed by atoms with E-state index < -0.39 is 5.54 Å². The number of aromatic nitrogens is 1. The molecule has 120 valence electrons. The average Bonchev–Trinajstić information content (AvgIpc) is 2.75. The van der Waals surface area contributed by atoms with Gasteiger partial charge >= 0.3 is 6.03 Å². The molecule has 5 nitrogen and oxygen atoms in total. The normalized spacial score (nSPS) is 20.7. The van der Waals surface area contributed by atoms with Crippen LogP contribution < -0.4 is 10.2 Å². The van der Waals surface area contributed by atoms with Gasteiger partial charge in [0, 0.05) is 5.69 Å². The van der Waals surface area contributed by atoms with E-state index in [4.69, 9.17) is 11.6 Å². The van der Waals surface area contributed by atoms with Gasteiger partial charge in [-0.2, -0.15) is 0 Å². The van der Waals surface area contributed by atoms with Gasteiger partial charge in [0.1, 0.15) is 10.9 Å². The fourth-order valence-electron chi connectivity index (χ4n) is 2.93. The maximum atomic E-state index is 12.4. The molecule has 2 N–H and O–H groups in total. The van der Waals surface area contributed by atoms with Gasteiger partial charge in [0.15, 0.2) is 0 Å². The summed E-state index contributed by atoms with van der Waals surface area (Å²) in [6.07, 6.45) is 0.674. The van der Waals surface area contributed by atoms with Crippen LogP contribution in [0.25, 0.3) is 0 Å². The van der Waals surface area contributed by atoms with Crippen LogP contribution in [0.15, 0.2) is 36.4 Å². The zero-order chi connectivity index (χ0) is 16.6. The molecule has 0 spiro atoms. The number of benzene rings is 1. The topological polar surface area (TPSA) is 65.5 Å². The summed E-state index contributed by atoms with van der Waals surface area (Å²) in [6.45, 7) is 4.39. The van der Waals surface area contributed by atoms with Crippen molar-refractivity contribution in [3.63, 3.8) is 0 Å². The lowest BCUT2D eigenvalue weighted by Gasteiger charge is -2.24. The molecule has 2 heterocycles. The standard InChI is InChI=1S/C17H18ClN3O2/c1-11-7-13(8-15(18)19-11)21-10-17(2,20-16(21)23)9-12-3-5-14(22)6-4-12/h3-8,22H,9-10H2,1-2H3,(H,20,23). The first-order chi connectivity index (χ1) is 10.8. The summed E-state index contributed by atoms with van der Waals surface area (Å²) in [6, 6.07) is 10.4. The van der Waals surface area contributed by atoms with Crippen molar-refractivity contribution >= 4 is 23.3 Å². The number of hydrogen-bond acceptors (Lipinski definition) is 3. The van der Waals surface area contributed by atoms with Crippen molar-refractivity contribution in [1.82, 2.24) is 10.3 Å². The van der Waals surface area contributed by atoms with Crippen LogP contribution in [0, 0.1) is 6.92 Å². The number of nitrogens with one attached hydrogen (secondary N) is 1. The summed E-state index contributed by atoms with van der Waals surface area (Å²) in [5.41, 5.74) is 2.18. The van der Waals surface area contributed by atoms with Crippen LogP contribution in [0.1, 0.15) is 18.2 Å². The smallest absolute Gasteiger partial charge is 0.322 e. The summed E-state index contributed by atoms with van der Waals surface area (Å²) in [5.74, 6) is 0.234. The third-order valence-electron chi connectivity index (χ3n) is 3.91. The van der Waals surface area contributed by atoms with Gasteiger partial charge in [-0.05, 0) is 50.1 Å². The van der Waals surface area contributed by atoms with Gasteiger partial charge in [0.2, 0.25) is 0 Å². The Morgan fingerprint density at radius 2 is 2.04 bits per heavy atom. The van der Waals surface area contributed by atoms with E-state index in [0.29, 0.717) is 18.1 Å². The van der Waals surface area contributed by atoms with Gasteiger partial charge in [-0.15, -0.1) is 0 Å². The first kappa shape index (κ1) is 15.6. The quantitative estimate of drug-likeness (QED) is 0.848. The largest absolute Gasteiger partial charge is 0.508 e. The van der Waals surface area contributed by atoms with E-state index in [2.05, 4.69) is 10.3 Å². The van der Waals surface area contributed by atoms with E-state index >= 15 is 0 Å². The molecule has 1 fully saturated rings. The van der Waals surface area contributed by atoms with Crippen LogP contribution in [-0.2, 0) is 6.42 Å². The molecule has 1 aromatic carbocycles. The molecule has 1 aliphatic heterocycles. The van der Waals surface area contributed by atoms with Crippen molar-refractivity contribution in [3.8, 4) is 5.75 Å². The molecule has 1 aromatic heterocycles. The molecule has 1 aliphatic rings. The maximum Gasteiger partial charge on any atom is 0.322 e. The number of phenols is 1. The number of nitrogens with zero attached hydrogens (tertiary/aromatic N) is 2. The van der Waals surface area contributed by atoms with Gasteiger partial charge in [-0.1, -0.05) is 23.7 Å². The summed E-state index contributed by atoms with van der Waals surface area (Å²) in [4.78, 5) is 18.2. The Morgan fingerprint density at radius 3 is 2.70 bits per heavy atom. The molecule has 2 amide bonds. The summed E-state index contributed by atoms with van der Waals surface area (Å²) >= 11 is 6.00. The fraction of sp³-hybridized carbons (Fsp3) is 0.294. The third-order valence-corrected chi connectivity index (χ3v) is 4.10. The molecule has 1 saturated heterocycles. The molecule has 1 atom stereocenters. The molecule has 2 aromatic rings. The van der Waals surface area contributed by atoms with Crippen molar-refractivity contribution in [1.29, 1.82) is 0 Å². The van der Waals surface area contributed by atoms with Gasteiger partial charge in [0.05, 0.1) is 17.8 Å². The van der Waals surface area contributed by atoms with Crippen LogP contribution >= 0.6 is 11.6 Å². The minimum atomic E-state index is -0.391. The molecule has 0 saturated carbocycles. The van der Waals surface area contributed by atoms with E-state index in [-0.39, 0.29) is 11.8 Å². The fourth-order valence-corrected chi connectivity index (χ4v) is 3.17. The second-order valence-electron chi connectivity index (χ2n) is 6.21. The molecule has 0 radical (unpaired) electrons. The summed E-state index contributed by atoms with van der Waals surface area (Å²) < 4.78 is 0. The van der Waals surface area contributed by atoms with Crippen molar-refractivity contribution in [2.24, 2.45) is 0 Å². The summed E-state index contributed by atoms with van der Waals surface area (Å²) in [7, 11) is 0. The third kappa shape index (κ3) is 3.40. The molecule has 1 unspecified atom stereocenters. The van der Waals surface area contributed by atoms with Gasteiger partial charge in [-0.25, -0.2) is 9.78 Å². The number of urea groups is 1. The second-order valence-corrected chi connectivity index (χ2v) is 6.60. The number of amides is 2. The van der Waals surface area contributed by atoms with E-state index in [1.807, 2.05) is 32.0 Å². The monoisotopic (exact) mass is 331 g/mol. The number of carbonyl (C=O) groups is 1. The van der Waals surface area contributed by atoms with Crippen LogP contribution in [0.4, 0.5) is 10.5 Å². The number of carbonyl (C=O) groups excluding carboxylic acids is 1. The Labute approximate surface area is 139 Å². The van der Waals surface area contributed by atoms with Crippen molar-refractivity contribution in [3.05, 3.63) is 52.8 Å². The number of halogens is 1. The van der Waals surface area contributed by atoms with Gasteiger partial charge in [-0.3, -0.25) is 4.90 Å². The number of anilines is 1. The number of aryl methyl sites for hydroxylation is 1. The highest BCUT2D eigenvalue weighted by Gasteiger charge is 2.39. The number of phenolic OH excluding ortho intramolecular Hbond substituents is 1. The van der Waals surface area contributed by atoms with Crippen molar-refractivity contribution in [2.75, 3.05) is 11.4 Å². The van der Waals surface area contributed by atoms with Gasteiger partial charge in [0.25, 0.3) is 0 Å². The molecule has 6 heteroatoms. The average molecular weight is 332 g/mol. The zero-order valence-electron chi connectivity index (χ0n) is 13.0. The van der Waals surface area contributed by atoms with E-state index in [1.54, 1.807) is 23.1 Å². The SMILES string of the molecule is Cc1cc(N2CC(C)(Cc3ccc(O)cc3)NC2=O)cc(Cl)n1. The van der Waals surface area contributed by atoms with Crippen LogP contribution in [0.5, 0.6) is 5.75 Å². The van der Waals surface area contributed by atoms with E-state index in [9.17, 15) is 9.90 Å². The highest BCUT2D eigenvalue weighted by Crippen LogP contribution is 2.28. The van der Waals surface area contributed by atoms with E-state index in [0.717, 1.165) is 16.9 Å². The lowest BCUT2D eigenvalue weighted by Crippen LogP contribution is -2.42. The lowest BCUT2D eigenvalue weighted by molar-refractivity contribution is 0.248. The first-order valence-electron chi connectivity index (χ1n) is 7.36. The predicted octanol–water partition coefficient (Wildman–Crippen LogP) is 3.28. The second kappa shape index (κ2) is 5.74. The van der Waals surface area contributed by atoms with Crippen LogP contribution in [-0.4, -0.2) is 28.2 Å². The van der Waals surface area contributed by atoms with Crippen LogP contribution in [0.3, 0.4) is 0 Å². The molecule has 23 heavy (non-hydrogen) atoms. The van der Waals surface area contributed by atoms with Gasteiger partial charge < -0.3 is 10.4 Å². The highest BCUT2D eigenvalue weighted by molar-refractivity contribution is 6.29. The Kier molecular flexibility index (Phi) is 3.90. The maximum absolute atomic E-state index is 12.4. The number of aromatic hydroxyl groups is 1. The number of hydrogen-bond donors (Lipinski definition) is 2. The van der Waals surface area contributed by atoms with Crippen molar-refractivity contribution in [2.45, 2.75) is 25.8 Å². The molecular formula is C17H18ClN3O2. The number of pyridine rings is 1. The first-order valence-corrected chi connectivity index (χ1v) is 7.74. The van der Waals surface area contributed by atoms with Crippen LogP contribution in [0.2, 0.25) is 5.15 Å². The molecular weight excluding hydrogens is 314 g/mol.